The molecule has 2 atom stereocenters. The number of hydrogen-bond donors (Lipinski definition) is 1. The highest BCUT2D eigenvalue weighted by Gasteiger charge is 2.63. The van der Waals surface area contributed by atoms with E-state index in [1.165, 1.54) is 24.3 Å². The van der Waals surface area contributed by atoms with Crippen LogP contribution >= 0.6 is 11.6 Å². The van der Waals surface area contributed by atoms with Crippen molar-refractivity contribution in [3.8, 4) is 0 Å². The number of nitro groups is 1. The number of imide groups is 2. The highest BCUT2D eigenvalue weighted by atomic mass is 35.5. The normalized spacial score (nSPS) is 24.8. The van der Waals surface area contributed by atoms with Crippen LogP contribution in [0.4, 0.5) is 21.9 Å². The van der Waals surface area contributed by atoms with Gasteiger partial charge in [-0.05, 0) is 48.7 Å². The number of carbonyl (C=O) groups excluding carboxylic acids is 3. The molecule has 3 aliphatic rings. The molecule has 2 aromatic rings. The number of urea groups is 1. The molecule has 2 fully saturated rings. The minimum Gasteiger partial charge on any atom is -0.367 e. The average molecular weight is 441 g/mol. The van der Waals surface area contributed by atoms with Gasteiger partial charge in [0.1, 0.15) is 0 Å². The first-order valence-electron chi connectivity index (χ1n) is 9.82. The Balaban J connectivity index is 1.66. The zero-order chi connectivity index (χ0) is 21.9. The maximum atomic E-state index is 13.8. The third-order valence-electron chi connectivity index (χ3n) is 6.37. The summed E-state index contributed by atoms with van der Waals surface area (Å²) >= 11 is 5.94. The molecule has 0 radical (unpaired) electrons. The van der Waals surface area contributed by atoms with E-state index in [0.717, 1.165) is 17.0 Å². The fraction of sp³-hybridized carbons (Fsp3) is 0.286. The predicted molar refractivity (Wildman–Crippen MR) is 112 cm³/mol. The molecule has 158 valence electrons. The summed E-state index contributed by atoms with van der Waals surface area (Å²) in [5.41, 5.74) is -0.0451. The number of benzene rings is 2. The SMILES string of the molecule is O=C1NC(=O)[C@]2(Cc3cc([N+](=O)[O-])ccc3N3CCC[C@@H]32)C(=O)N1c1ccc(Cl)cc1. The van der Waals surface area contributed by atoms with Crippen molar-refractivity contribution in [3.63, 3.8) is 0 Å². The van der Waals surface area contributed by atoms with Crippen molar-refractivity contribution in [2.75, 3.05) is 16.3 Å². The highest BCUT2D eigenvalue weighted by Crippen LogP contribution is 2.49. The summed E-state index contributed by atoms with van der Waals surface area (Å²) in [6.07, 6.45) is 1.34. The van der Waals surface area contributed by atoms with E-state index in [2.05, 4.69) is 5.32 Å². The summed E-state index contributed by atoms with van der Waals surface area (Å²) in [6.45, 7) is 0.618. The van der Waals surface area contributed by atoms with Gasteiger partial charge < -0.3 is 4.90 Å². The van der Waals surface area contributed by atoms with Gasteiger partial charge >= 0.3 is 6.03 Å². The summed E-state index contributed by atoms with van der Waals surface area (Å²) < 4.78 is 0. The number of rotatable bonds is 2. The Bertz CT molecular complexity index is 1150. The van der Waals surface area contributed by atoms with Crippen molar-refractivity contribution < 1.29 is 19.3 Å². The molecule has 31 heavy (non-hydrogen) atoms. The maximum absolute atomic E-state index is 13.8. The molecule has 9 nitrogen and oxygen atoms in total. The van der Waals surface area contributed by atoms with E-state index in [-0.39, 0.29) is 12.1 Å². The molecule has 4 amide bonds. The van der Waals surface area contributed by atoms with Gasteiger partial charge in [-0.15, -0.1) is 0 Å². The zero-order valence-corrected chi connectivity index (χ0v) is 17.0. The number of anilines is 2. The summed E-state index contributed by atoms with van der Waals surface area (Å²) in [5, 5.41) is 14.1. The number of nitrogens with zero attached hydrogens (tertiary/aromatic N) is 3. The molecule has 0 saturated carbocycles. The Kier molecular flexibility index (Phi) is 4.26. The van der Waals surface area contributed by atoms with Gasteiger partial charge in [-0.1, -0.05) is 11.6 Å². The van der Waals surface area contributed by atoms with Gasteiger partial charge in [-0.2, -0.15) is 0 Å². The van der Waals surface area contributed by atoms with Crippen LogP contribution in [-0.2, 0) is 16.0 Å². The molecule has 0 aromatic heterocycles. The fourth-order valence-corrected chi connectivity index (χ4v) is 5.15. The lowest BCUT2D eigenvalue weighted by atomic mass is 9.68. The maximum Gasteiger partial charge on any atom is 0.335 e. The van der Waals surface area contributed by atoms with Crippen molar-refractivity contribution >= 4 is 46.5 Å². The lowest BCUT2D eigenvalue weighted by Crippen LogP contribution is -2.71. The average Bonchev–Trinajstić information content (AvgIpc) is 3.23. The molecule has 1 spiro atoms. The molecule has 3 aliphatic heterocycles. The molecule has 10 heteroatoms. The van der Waals surface area contributed by atoms with Crippen LogP contribution in [-0.4, -0.2) is 35.4 Å². The molecule has 0 unspecified atom stereocenters. The van der Waals surface area contributed by atoms with Gasteiger partial charge in [0.05, 0.1) is 16.7 Å². The number of nitrogens with one attached hydrogen (secondary N) is 1. The van der Waals surface area contributed by atoms with Crippen LogP contribution in [0, 0.1) is 15.5 Å². The molecule has 1 N–H and O–H groups in total. The van der Waals surface area contributed by atoms with E-state index in [4.69, 9.17) is 11.6 Å². The minimum atomic E-state index is -1.56. The molecule has 5 rings (SSSR count). The van der Waals surface area contributed by atoms with Crippen molar-refractivity contribution in [2.24, 2.45) is 5.41 Å². The minimum absolute atomic E-state index is 0.0206. The fourth-order valence-electron chi connectivity index (χ4n) is 5.02. The van der Waals surface area contributed by atoms with Gasteiger partial charge in [0, 0.05) is 35.8 Å². The monoisotopic (exact) mass is 440 g/mol. The molecule has 0 bridgehead atoms. The number of amides is 4. The Morgan fingerprint density at radius 2 is 1.87 bits per heavy atom. The Morgan fingerprint density at radius 3 is 2.58 bits per heavy atom. The van der Waals surface area contributed by atoms with Crippen LogP contribution < -0.4 is 15.1 Å². The van der Waals surface area contributed by atoms with Crippen LogP contribution in [0.3, 0.4) is 0 Å². The number of halogens is 1. The van der Waals surface area contributed by atoms with E-state index in [0.29, 0.717) is 29.2 Å². The van der Waals surface area contributed by atoms with Crippen LogP contribution in [0.15, 0.2) is 42.5 Å². The standard InChI is InChI=1S/C21H17ClN4O5/c22-13-3-5-14(6-4-13)25-19(28)21(18(27)23-20(25)29)11-12-10-15(26(30)31)7-8-16(12)24-9-1-2-17(21)24/h3-8,10,17H,1-2,9,11H2,(H,23,27,29)/t17-,21-/m1/s1. The molecule has 3 heterocycles. The first kappa shape index (κ1) is 19.5. The molecule has 2 aromatic carbocycles. The molecule has 0 aliphatic carbocycles. The van der Waals surface area contributed by atoms with Gasteiger partial charge in [-0.25, -0.2) is 9.69 Å². The molecular formula is C21H17ClN4O5. The van der Waals surface area contributed by atoms with Gasteiger partial charge in [0.25, 0.3) is 11.6 Å². The highest BCUT2D eigenvalue weighted by molar-refractivity contribution is 6.32. The Labute approximate surface area is 181 Å². The smallest absolute Gasteiger partial charge is 0.335 e. The molecular weight excluding hydrogens is 424 g/mol. The Morgan fingerprint density at radius 1 is 1.13 bits per heavy atom. The summed E-state index contributed by atoms with van der Waals surface area (Å²) in [6, 6.07) is 9.44. The quantitative estimate of drug-likeness (QED) is 0.436. The largest absolute Gasteiger partial charge is 0.367 e. The van der Waals surface area contributed by atoms with E-state index < -0.39 is 34.2 Å². The van der Waals surface area contributed by atoms with Crippen molar-refractivity contribution in [3.05, 3.63) is 63.2 Å². The lowest BCUT2D eigenvalue weighted by Gasteiger charge is -2.49. The third kappa shape index (κ3) is 2.73. The van der Waals surface area contributed by atoms with Crippen LogP contribution in [0.25, 0.3) is 0 Å². The van der Waals surface area contributed by atoms with Crippen LogP contribution in [0.5, 0.6) is 0 Å². The predicted octanol–water partition coefficient (Wildman–Crippen LogP) is 3.04. The van der Waals surface area contributed by atoms with Crippen LogP contribution in [0.2, 0.25) is 5.02 Å². The first-order chi connectivity index (χ1) is 14.8. The number of hydrogen-bond acceptors (Lipinski definition) is 6. The van der Waals surface area contributed by atoms with E-state index in [1.807, 2.05) is 4.90 Å². The second-order valence-electron chi connectivity index (χ2n) is 7.95. The summed E-state index contributed by atoms with van der Waals surface area (Å²) in [7, 11) is 0. The number of carbonyl (C=O) groups is 3. The lowest BCUT2D eigenvalue weighted by molar-refractivity contribution is -0.384. The number of barbiturate groups is 1. The van der Waals surface area contributed by atoms with E-state index in [1.54, 1.807) is 18.2 Å². The second kappa shape index (κ2) is 6.78. The van der Waals surface area contributed by atoms with Crippen molar-refractivity contribution in [2.45, 2.75) is 25.3 Å². The van der Waals surface area contributed by atoms with Crippen molar-refractivity contribution in [1.82, 2.24) is 5.32 Å². The number of nitro benzene ring substituents is 1. The third-order valence-corrected chi connectivity index (χ3v) is 6.62. The van der Waals surface area contributed by atoms with Gasteiger partial charge in [0.15, 0.2) is 5.41 Å². The van der Waals surface area contributed by atoms with E-state index in [9.17, 15) is 24.5 Å². The second-order valence-corrected chi connectivity index (χ2v) is 8.38. The summed E-state index contributed by atoms with van der Waals surface area (Å²) in [4.78, 5) is 53.4. The Hall–Kier alpha value is -3.46. The zero-order valence-electron chi connectivity index (χ0n) is 16.2. The topological polar surface area (TPSA) is 113 Å². The first-order valence-corrected chi connectivity index (χ1v) is 10.2. The molecule has 2 saturated heterocycles. The van der Waals surface area contributed by atoms with Gasteiger partial charge in [-0.3, -0.25) is 25.0 Å². The summed E-state index contributed by atoms with van der Waals surface area (Å²) in [5.74, 6) is -1.29. The van der Waals surface area contributed by atoms with Crippen LogP contribution in [0.1, 0.15) is 18.4 Å². The number of non-ortho nitro benzene ring substituents is 1. The van der Waals surface area contributed by atoms with E-state index >= 15 is 0 Å². The number of fused-ring (bicyclic) bond motifs is 4. The van der Waals surface area contributed by atoms with Gasteiger partial charge in [0.2, 0.25) is 5.91 Å². The van der Waals surface area contributed by atoms with Crippen molar-refractivity contribution in [1.29, 1.82) is 0 Å².